The molecule has 0 saturated heterocycles. The highest BCUT2D eigenvalue weighted by atomic mass is 16.5. The highest BCUT2D eigenvalue weighted by Gasteiger charge is 2.31. The van der Waals surface area contributed by atoms with Gasteiger partial charge in [-0.15, -0.1) is 0 Å². The van der Waals surface area contributed by atoms with E-state index in [1.54, 1.807) is 14.2 Å². The smallest absolute Gasteiger partial charge is 0.213 e. The number of aromatic nitrogens is 2. The fraction of sp³-hybridized carbons (Fsp3) is 0.133. The molecule has 1 aromatic heterocycles. The molecule has 0 bridgehead atoms. The Morgan fingerprint density at radius 1 is 0.694 bits per heavy atom. The number of nitrogens with zero attached hydrogens (tertiary/aromatic N) is 4. The first-order chi connectivity index (χ1) is 17.7. The van der Waals surface area contributed by atoms with E-state index in [-0.39, 0.29) is 0 Å². The predicted octanol–water partition coefficient (Wildman–Crippen LogP) is 6.68. The zero-order chi connectivity index (χ0) is 24.6. The van der Waals surface area contributed by atoms with E-state index in [2.05, 4.69) is 75.4 Å². The van der Waals surface area contributed by atoms with Gasteiger partial charge in [-0.3, -0.25) is 4.57 Å². The maximum absolute atomic E-state index is 5.95. The minimum absolute atomic E-state index is 0.746. The second-order valence-corrected chi connectivity index (χ2v) is 8.48. The van der Waals surface area contributed by atoms with Crippen LogP contribution in [0, 0.1) is 6.67 Å². The zero-order valence-electron chi connectivity index (χ0n) is 20.5. The van der Waals surface area contributed by atoms with Crippen molar-refractivity contribution in [1.29, 1.82) is 0 Å². The number of hydrogen-bond acceptors (Lipinski definition) is 5. The maximum Gasteiger partial charge on any atom is 0.213 e. The molecule has 4 aromatic carbocycles. The minimum Gasteiger partial charge on any atom is -0.496 e. The van der Waals surface area contributed by atoms with Gasteiger partial charge in [-0.1, -0.05) is 36.4 Å². The Labute approximate surface area is 210 Å². The fourth-order valence-corrected chi connectivity index (χ4v) is 4.95. The van der Waals surface area contributed by atoms with Gasteiger partial charge in [0, 0.05) is 6.54 Å². The van der Waals surface area contributed by atoms with Crippen molar-refractivity contribution >= 4 is 28.1 Å². The lowest BCUT2D eigenvalue weighted by Crippen LogP contribution is -2.22. The first-order valence-corrected chi connectivity index (χ1v) is 11.9. The molecule has 36 heavy (non-hydrogen) atoms. The first kappa shape index (κ1) is 22.0. The van der Waals surface area contributed by atoms with Gasteiger partial charge in [-0.25, -0.2) is 4.98 Å². The van der Waals surface area contributed by atoms with Crippen molar-refractivity contribution in [2.75, 3.05) is 30.6 Å². The van der Waals surface area contributed by atoms with E-state index >= 15 is 0 Å². The number of methoxy groups -OCH3 is 2. The number of imidazole rings is 1. The monoisotopic (exact) mass is 474 g/mol. The van der Waals surface area contributed by atoms with Crippen molar-refractivity contribution in [3.05, 3.63) is 97.9 Å². The molecule has 0 unspecified atom stereocenters. The molecule has 0 fully saturated rings. The summed E-state index contributed by atoms with van der Waals surface area (Å²) in [5.74, 6) is 1.49. The Hall–Kier alpha value is -4.45. The van der Waals surface area contributed by atoms with E-state index < -0.39 is 0 Å². The van der Waals surface area contributed by atoms with Crippen LogP contribution in [-0.4, -0.2) is 30.3 Å². The maximum atomic E-state index is 5.95. The third-order valence-corrected chi connectivity index (χ3v) is 6.60. The average Bonchev–Trinajstić information content (AvgIpc) is 3.54. The van der Waals surface area contributed by atoms with Gasteiger partial charge < -0.3 is 19.3 Å². The van der Waals surface area contributed by atoms with Crippen molar-refractivity contribution in [3.8, 4) is 28.3 Å². The Morgan fingerprint density at radius 2 is 1.31 bits per heavy atom. The van der Waals surface area contributed by atoms with Crippen LogP contribution in [0.15, 0.2) is 91.3 Å². The number of benzene rings is 4. The molecule has 2 heterocycles. The molecule has 1 aliphatic rings. The summed E-state index contributed by atoms with van der Waals surface area (Å²) in [6, 6.07) is 28.7. The molecule has 6 nitrogen and oxygen atoms in total. The summed E-state index contributed by atoms with van der Waals surface area (Å²) in [4.78, 5) is 8.88. The van der Waals surface area contributed by atoms with Gasteiger partial charge in [0.2, 0.25) is 6.67 Å². The van der Waals surface area contributed by atoms with Gasteiger partial charge in [-0.05, 0) is 55.5 Å². The Morgan fingerprint density at radius 3 is 2.03 bits per heavy atom. The molecule has 5 aromatic rings. The van der Waals surface area contributed by atoms with Crippen LogP contribution in [0.4, 0.5) is 17.1 Å². The zero-order valence-corrected chi connectivity index (χ0v) is 20.5. The van der Waals surface area contributed by atoms with Crippen LogP contribution in [0.25, 0.3) is 27.8 Å². The van der Waals surface area contributed by atoms with Crippen LogP contribution >= 0.6 is 0 Å². The van der Waals surface area contributed by atoms with Crippen molar-refractivity contribution in [3.63, 3.8) is 0 Å². The third kappa shape index (κ3) is 3.37. The molecule has 1 aliphatic heterocycles. The average molecular weight is 475 g/mol. The van der Waals surface area contributed by atoms with Crippen molar-refractivity contribution in [2.45, 2.75) is 6.92 Å². The number of para-hydroxylation sites is 4. The number of anilines is 3. The summed E-state index contributed by atoms with van der Waals surface area (Å²) in [6.07, 6.45) is 1.86. The molecule has 0 aliphatic carbocycles. The van der Waals surface area contributed by atoms with Crippen LogP contribution < -0.4 is 19.3 Å². The molecule has 0 spiro atoms. The van der Waals surface area contributed by atoms with E-state index in [0.29, 0.717) is 0 Å². The lowest BCUT2D eigenvalue weighted by Gasteiger charge is -2.25. The normalized spacial score (nSPS) is 12.8. The van der Waals surface area contributed by atoms with Crippen molar-refractivity contribution in [2.24, 2.45) is 0 Å². The molecular weight excluding hydrogens is 448 g/mol. The van der Waals surface area contributed by atoms with Crippen LogP contribution in [0.3, 0.4) is 0 Å². The van der Waals surface area contributed by atoms with Gasteiger partial charge in [0.05, 0.1) is 59.1 Å². The molecule has 0 N–H and O–H groups in total. The summed E-state index contributed by atoms with van der Waals surface area (Å²) < 4.78 is 14.0. The molecule has 0 saturated carbocycles. The number of hydrogen-bond donors (Lipinski definition) is 0. The molecule has 6 heteroatoms. The predicted molar refractivity (Wildman–Crippen MR) is 144 cm³/mol. The Bertz CT molecular complexity index is 1560. The van der Waals surface area contributed by atoms with Crippen molar-refractivity contribution < 1.29 is 9.47 Å². The second-order valence-electron chi connectivity index (χ2n) is 8.48. The molecule has 178 valence electrons. The molecule has 6 rings (SSSR count). The SMILES string of the molecule is CCN1[C]N(c2cccc(OC)c2-c2c(OC)cccc2-n2cnc3ccccc32)c2ccccc21. The number of rotatable bonds is 6. The Balaban J connectivity index is 1.64. The summed E-state index contributed by atoms with van der Waals surface area (Å²) in [5.41, 5.74) is 7.88. The van der Waals surface area contributed by atoms with E-state index in [1.807, 2.05) is 48.8 Å². The highest BCUT2D eigenvalue weighted by molar-refractivity contribution is 5.97. The van der Waals surface area contributed by atoms with Gasteiger partial charge in [0.1, 0.15) is 17.8 Å². The summed E-state index contributed by atoms with van der Waals surface area (Å²) in [6.45, 7) is 6.50. The number of ether oxygens (including phenoxy) is 2. The molecular formula is C30H26N4O2. The first-order valence-electron chi connectivity index (χ1n) is 11.9. The quantitative estimate of drug-likeness (QED) is 0.274. The third-order valence-electron chi connectivity index (χ3n) is 6.60. The van der Waals surface area contributed by atoms with E-state index in [1.165, 1.54) is 0 Å². The van der Waals surface area contributed by atoms with Crippen LogP contribution in [0.1, 0.15) is 6.92 Å². The molecule has 0 atom stereocenters. The van der Waals surface area contributed by atoms with Crippen molar-refractivity contribution in [1.82, 2.24) is 9.55 Å². The largest absolute Gasteiger partial charge is 0.496 e. The van der Waals surface area contributed by atoms with Crippen LogP contribution in [0.5, 0.6) is 11.5 Å². The summed E-state index contributed by atoms with van der Waals surface area (Å²) >= 11 is 0. The number of fused-ring (bicyclic) bond motifs is 2. The lowest BCUT2D eigenvalue weighted by molar-refractivity contribution is 0.410. The van der Waals surface area contributed by atoms with Gasteiger partial charge in [0.15, 0.2) is 0 Å². The molecule has 2 radical (unpaired) electrons. The van der Waals surface area contributed by atoms with Crippen LogP contribution in [0.2, 0.25) is 0 Å². The second kappa shape index (κ2) is 8.96. The summed E-state index contributed by atoms with van der Waals surface area (Å²) in [5, 5.41) is 0. The summed E-state index contributed by atoms with van der Waals surface area (Å²) in [7, 11) is 3.40. The van der Waals surface area contributed by atoms with E-state index in [4.69, 9.17) is 9.47 Å². The fourth-order valence-electron chi connectivity index (χ4n) is 4.95. The van der Waals surface area contributed by atoms with Gasteiger partial charge in [0.25, 0.3) is 0 Å². The topological polar surface area (TPSA) is 42.8 Å². The standard InChI is InChI=1S/C30H26N4O2/c1-4-32-20-34(24-14-8-7-13-23(24)32)26-16-10-18-28(36-3)30(26)29-25(15-9-17-27(29)35-2)33-19-31-21-11-5-6-12-22(21)33/h5-19H,4H2,1-3H3. The van der Waals surface area contributed by atoms with E-state index in [9.17, 15) is 0 Å². The molecule has 0 amide bonds. The Kier molecular flexibility index (Phi) is 5.49. The minimum atomic E-state index is 0.746. The van der Waals surface area contributed by atoms with E-state index in [0.717, 1.165) is 63.0 Å². The van der Waals surface area contributed by atoms with Gasteiger partial charge >= 0.3 is 0 Å². The lowest BCUT2D eigenvalue weighted by atomic mass is 9.98. The highest BCUT2D eigenvalue weighted by Crippen LogP contribution is 2.51. The van der Waals surface area contributed by atoms with Gasteiger partial charge in [-0.2, -0.15) is 0 Å². The van der Waals surface area contributed by atoms with Crippen LogP contribution in [-0.2, 0) is 0 Å².